The van der Waals surface area contributed by atoms with Gasteiger partial charge in [0.05, 0.1) is 5.56 Å². The van der Waals surface area contributed by atoms with E-state index in [1.54, 1.807) is 0 Å². The lowest BCUT2D eigenvalue weighted by atomic mass is 10.1. The summed E-state index contributed by atoms with van der Waals surface area (Å²) in [6.45, 7) is 2.80. The van der Waals surface area contributed by atoms with Crippen molar-refractivity contribution in [2.45, 2.75) is 6.18 Å². The topological polar surface area (TPSA) is 59.4 Å². The zero-order valence-corrected chi connectivity index (χ0v) is 12.1. The second-order valence-electron chi connectivity index (χ2n) is 4.41. The van der Waals surface area contributed by atoms with E-state index in [4.69, 9.17) is 16.7 Å². The number of carbonyl (C=O) groups is 1. The lowest BCUT2D eigenvalue weighted by Crippen LogP contribution is -2.16. The van der Waals surface area contributed by atoms with Crippen molar-refractivity contribution >= 4 is 17.6 Å². The minimum absolute atomic E-state index is 0.0759. The third-order valence-electron chi connectivity index (χ3n) is 2.79. The number of pyridine rings is 1. The predicted molar refractivity (Wildman–Crippen MR) is 77.5 cm³/mol. The van der Waals surface area contributed by atoms with E-state index >= 15 is 0 Å². The van der Waals surface area contributed by atoms with Crippen LogP contribution in [0.4, 0.5) is 13.2 Å². The number of carboxylic acid groups (broad SMARTS) is 1. The Labute approximate surface area is 133 Å². The van der Waals surface area contributed by atoms with Gasteiger partial charge in [-0.05, 0) is 23.8 Å². The predicted octanol–water partition coefficient (Wildman–Crippen LogP) is 4.56. The Morgan fingerprint density at radius 2 is 1.87 bits per heavy atom. The number of nitrogens with zero attached hydrogens (tertiary/aromatic N) is 1. The molecule has 0 saturated carbocycles. The molecule has 0 unspecified atom stereocenters. The van der Waals surface area contributed by atoms with Gasteiger partial charge < -0.3 is 9.84 Å². The van der Waals surface area contributed by atoms with Crippen molar-refractivity contribution in [3.05, 3.63) is 59.5 Å². The summed E-state index contributed by atoms with van der Waals surface area (Å²) in [6, 6.07) is 7.19. The van der Waals surface area contributed by atoms with Crippen LogP contribution in [-0.4, -0.2) is 22.2 Å². The molecule has 1 aromatic carbocycles. The maximum atomic E-state index is 12.6. The summed E-state index contributed by atoms with van der Waals surface area (Å²) >= 11 is 5.76. The van der Waals surface area contributed by atoms with Crippen LogP contribution >= 0.6 is 11.6 Å². The normalized spacial score (nSPS) is 11.1. The van der Waals surface area contributed by atoms with Gasteiger partial charge >= 0.3 is 12.1 Å². The van der Waals surface area contributed by atoms with E-state index in [-0.39, 0.29) is 11.1 Å². The molecule has 0 spiro atoms. The largest absolute Gasteiger partial charge is 0.478 e. The molecule has 0 fully saturated rings. The zero-order valence-electron chi connectivity index (χ0n) is 11.4. The molecule has 0 saturated heterocycles. The van der Waals surface area contributed by atoms with E-state index in [0.29, 0.717) is 10.6 Å². The molecular weight excluding hydrogens is 335 g/mol. The molecule has 1 N–H and O–H groups in total. The first-order chi connectivity index (χ1) is 10.7. The summed E-state index contributed by atoms with van der Waals surface area (Å²) < 4.78 is 42.4. The second kappa shape index (κ2) is 6.29. The van der Waals surface area contributed by atoms with Crippen molar-refractivity contribution in [1.29, 1.82) is 0 Å². The fourth-order valence-electron chi connectivity index (χ4n) is 1.66. The highest BCUT2D eigenvalue weighted by molar-refractivity contribution is 6.30. The molecule has 0 aliphatic carbocycles. The molecule has 1 heterocycles. The van der Waals surface area contributed by atoms with Crippen LogP contribution in [-0.2, 0) is 0 Å². The Morgan fingerprint density at radius 3 is 2.39 bits per heavy atom. The van der Waals surface area contributed by atoms with Gasteiger partial charge in [-0.1, -0.05) is 30.3 Å². The molecule has 0 bridgehead atoms. The Kier molecular flexibility index (Phi) is 4.60. The highest BCUT2D eigenvalue weighted by Crippen LogP contribution is 2.34. The Bertz CT molecular complexity index is 758. The van der Waals surface area contributed by atoms with Crippen LogP contribution in [0.3, 0.4) is 0 Å². The number of alkyl halides is 3. The molecule has 4 nitrogen and oxygen atoms in total. The van der Waals surface area contributed by atoms with E-state index in [0.717, 1.165) is 12.3 Å². The first-order valence-corrected chi connectivity index (χ1v) is 6.49. The number of carboxylic acids is 1. The highest BCUT2D eigenvalue weighted by atomic mass is 35.5. The van der Waals surface area contributed by atoms with E-state index in [2.05, 4.69) is 16.3 Å². The number of ether oxygens (including phenoxy) is 1. The summed E-state index contributed by atoms with van der Waals surface area (Å²) in [5, 5.41) is 9.42. The SMILES string of the molecule is C=C(Oc1ncc(C(=O)O)cc1-c1ccc(Cl)cc1)C(F)(F)F. The monoisotopic (exact) mass is 343 g/mol. The standard InChI is InChI=1S/C15H9ClF3NO3/c1-8(15(17,18)19)23-13-12(6-10(7-20-13)14(21)22)9-2-4-11(16)5-3-9/h2-7H,1H2,(H,21,22). The number of halogens is 4. The third-order valence-corrected chi connectivity index (χ3v) is 3.04. The number of aromatic carboxylic acids is 1. The first kappa shape index (κ1) is 16.8. The lowest BCUT2D eigenvalue weighted by Gasteiger charge is -2.14. The van der Waals surface area contributed by atoms with Crippen molar-refractivity contribution in [2.75, 3.05) is 0 Å². The Hall–Kier alpha value is -2.54. The van der Waals surface area contributed by atoms with Gasteiger partial charge in [0.1, 0.15) is 0 Å². The van der Waals surface area contributed by atoms with Crippen LogP contribution in [0, 0.1) is 0 Å². The number of rotatable bonds is 4. The molecule has 0 radical (unpaired) electrons. The van der Waals surface area contributed by atoms with Crippen molar-refractivity contribution in [2.24, 2.45) is 0 Å². The van der Waals surface area contributed by atoms with Crippen LogP contribution in [0.1, 0.15) is 10.4 Å². The fraction of sp³-hybridized carbons (Fsp3) is 0.0667. The van der Waals surface area contributed by atoms with Crippen molar-refractivity contribution in [3.63, 3.8) is 0 Å². The molecule has 0 aliphatic rings. The van der Waals surface area contributed by atoms with Gasteiger partial charge in [-0.3, -0.25) is 0 Å². The average molecular weight is 344 g/mol. The van der Waals surface area contributed by atoms with Crippen LogP contribution in [0.15, 0.2) is 48.9 Å². The van der Waals surface area contributed by atoms with Gasteiger partial charge in [0.15, 0.2) is 0 Å². The molecule has 0 amide bonds. The van der Waals surface area contributed by atoms with E-state index < -0.39 is 23.8 Å². The summed E-state index contributed by atoms with van der Waals surface area (Å²) in [5.74, 6) is -3.13. The third kappa shape index (κ3) is 4.01. The van der Waals surface area contributed by atoms with Gasteiger partial charge in [-0.15, -0.1) is 0 Å². The molecule has 1 aromatic heterocycles. The average Bonchev–Trinajstić information content (AvgIpc) is 2.47. The van der Waals surface area contributed by atoms with Crippen LogP contribution in [0.5, 0.6) is 5.88 Å². The fourth-order valence-corrected chi connectivity index (χ4v) is 1.79. The molecule has 2 aromatic rings. The summed E-state index contributed by atoms with van der Waals surface area (Å²) in [6.07, 6.45) is -3.86. The molecule has 2 rings (SSSR count). The van der Waals surface area contributed by atoms with Crippen molar-refractivity contribution in [3.8, 4) is 17.0 Å². The number of aromatic nitrogens is 1. The Morgan fingerprint density at radius 1 is 1.26 bits per heavy atom. The number of hydrogen-bond acceptors (Lipinski definition) is 3. The second-order valence-corrected chi connectivity index (χ2v) is 4.85. The van der Waals surface area contributed by atoms with Gasteiger partial charge in [-0.25, -0.2) is 9.78 Å². The maximum Gasteiger partial charge on any atom is 0.448 e. The molecule has 0 atom stereocenters. The van der Waals surface area contributed by atoms with Gasteiger partial charge in [-0.2, -0.15) is 13.2 Å². The smallest absolute Gasteiger partial charge is 0.448 e. The molecule has 23 heavy (non-hydrogen) atoms. The minimum Gasteiger partial charge on any atom is -0.478 e. The molecule has 0 aliphatic heterocycles. The number of hydrogen-bond donors (Lipinski definition) is 1. The zero-order chi connectivity index (χ0) is 17.2. The summed E-state index contributed by atoms with van der Waals surface area (Å²) in [7, 11) is 0. The minimum atomic E-state index is -4.76. The van der Waals surface area contributed by atoms with Crippen molar-refractivity contribution < 1.29 is 27.8 Å². The van der Waals surface area contributed by atoms with E-state index in [1.165, 1.54) is 24.3 Å². The highest BCUT2D eigenvalue weighted by Gasteiger charge is 2.35. The van der Waals surface area contributed by atoms with Crippen LogP contribution in [0.2, 0.25) is 5.02 Å². The number of benzene rings is 1. The van der Waals surface area contributed by atoms with Gasteiger partial charge in [0.25, 0.3) is 0 Å². The number of allylic oxidation sites excluding steroid dienone is 1. The van der Waals surface area contributed by atoms with E-state index in [9.17, 15) is 18.0 Å². The maximum absolute atomic E-state index is 12.6. The van der Waals surface area contributed by atoms with Crippen molar-refractivity contribution in [1.82, 2.24) is 4.98 Å². The molecule has 120 valence electrons. The van der Waals surface area contributed by atoms with Gasteiger partial charge in [0, 0.05) is 16.8 Å². The van der Waals surface area contributed by atoms with Gasteiger partial charge in [0.2, 0.25) is 11.6 Å². The molecular formula is C15H9ClF3NO3. The van der Waals surface area contributed by atoms with E-state index in [1.807, 2.05) is 0 Å². The van der Waals surface area contributed by atoms with Crippen LogP contribution in [0.25, 0.3) is 11.1 Å². The van der Waals surface area contributed by atoms with Crippen LogP contribution < -0.4 is 4.74 Å². The first-order valence-electron chi connectivity index (χ1n) is 6.11. The molecule has 8 heteroatoms. The Balaban J connectivity index is 2.51. The summed E-state index contributed by atoms with van der Waals surface area (Å²) in [4.78, 5) is 14.7. The summed E-state index contributed by atoms with van der Waals surface area (Å²) in [5.41, 5.74) is 0.280. The quantitative estimate of drug-likeness (QED) is 0.827. The lowest BCUT2D eigenvalue weighted by molar-refractivity contribution is -0.116.